The van der Waals surface area contributed by atoms with Gasteiger partial charge in [0.05, 0.1) is 4.90 Å². The Balaban J connectivity index is 2.41. The monoisotopic (exact) mass is 312 g/mol. The highest BCUT2D eigenvalue weighted by atomic mass is 32.2. The van der Waals surface area contributed by atoms with Crippen LogP contribution in [0.25, 0.3) is 0 Å². The molecule has 21 heavy (non-hydrogen) atoms. The highest BCUT2D eigenvalue weighted by Crippen LogP contribution is 2.09. The molecule has 1 unspecified atom stereocenters. The summed E-state index contributed by atoms with van der Waals surface area (Å²) in [6.07, 6.45) is 1.79. The van der Waals surface area contributed by atoms with E-state index >= 15 is 0 Å². The molecule has 5 nitrogen and oxygen atoms in total. The molecular weight excluding hydrogens is 288 g/mol. The normalized spacial score (nSPS) is 12.9. The van der Waals surface area contributed by atoms with Crippen LogP contribution >= 0.6 is 0 Å². The Kier molecular flexibility index (Phi) is 6.84. The lowest BCUT2D eigenvalue weighted by atomic mass is 10.1. The van der Waals surface area contributed by atoms with Gasteiger partial charge >= 0.3 is 0 Å². The fourth-order valence-electron chi connectivity index (χ4n) is 1.91. The van der Waals surface area contributed by atoms with Crippen molar-refractivity contribution in [2.75, 3.05) is 13.1 Å². The minimum Gasteiger partial charge on any atom is -0.355 e. The van der Waals surface area contributed by atoms with Gasteiger partial charge in [-0.3, -0.25) is 4.79 Å². The van der Waals surface area contributed by atoms with Crippen LogP contribution in [0.1, 0.15) is 32.3 Å². The van der Waals surface area contributed by atoms with Crippen LogP contribution in [-0.2, 0) is 14.8 Å². The van der Waals surface area contributed by atoms with E-state index in [0.717, 1.165) is 18.4 Å². The third kappa shape index (κ3) is 5.85. The molecule has 0 fully saturated rings. The number of aryl methyl sites for hydroxylation is 1. The molecule has 0 heterocycles. The number of benzene rings is 1. The van der Waals surface area contributed by atoms with E-state index in [1.807, 2.05) is 20.8 Å². The molecule has 0 saturated heterocycles. The van der Waals surface area contributed by atoms with Crippen molar-refractivity contribution in [2.24, 2.45) is 5.92 Å². The Morgan fingerprint density at radius 2 is 1.81 bits per heavy atom. The van der Waals surface area contributed by atoms with Gasteiger partial charge in [-0.15, -0.1) is 0 Å². The quantitative estimate of drug-likeness (QED) is 0.719. The third-order valence-corrected chi connectivity index (χ3v) is 4.69. The Hall–Kier alpha value is -1.40. The second-order valence-electron chi connectivity index (χ2n) is 5.19. The molecule has 0 aliphatic rings. The van der Waals surface area contributed by atoms with Crippen molar-refractivity contribution in [3.63, 3.8) is 0 Å². The molecule has 1 atom stereocenters. The number of sulfonamides is 1. The highest BCUT2D eigenvalue weighted by Gasteiger charge is 2.14. The van der Waals surface area contributed by atoms with Gasteiger partial charge in [-0.1, -0.05) is 38.0 Å². The number of amides is 1. The van der Waals surface area contributed by atoms with E-state index < -0.39 is 10.0 Å². The van der Waals surface area contributed by atoms with Gasteiger partial charge in [0.15, 0.2) is 0 Å². The molecule has 6 heteroatoms. The van der Waals surface area contributed by atoms with Crippen LogP contribution in [0.2, 0.25) is 0 Å². The van der Waals surface area contributed by atoms with E-state index in [-0.39, 0.29) is 29.8 Å². The van der Waals surface area contributed by atoms with Crippen molar-refractivity contribution in [3.8, 4) is 0 Å². The zero-order valence-corrected chi connectivity index (χ0v) is 13.7. The molecule has 0 saturated carbocycles. The standard InChI is InChI=1S/C15H24N2O3S/c1-4-5-13(3)15(18)16-10-11-17-21(19,20)14-8-6-12(2)7-9-14/h6-9,13,17H,4-5,10-11H2,1-3H3,(H,16,18). The molecule has 1 amide bonds. The second-order valence-corrected chi connectivity index (χ2v) is 6.96. The molecule has 1 rings (SSSR count). The smallest absolute Gasteiger partial charge is 0.240 e. The van der Waals surface area contributed by atoms with Crippen molar-refractivity contribution in [1.82, 2.24) is 10.0 Å². The molecule has 0 spiro atoms. The van der Waals surface area contributed by atoms with Crippen LogP contribution in [-0.4, -0.2) is 27.4 Å². The first-order chi connectivity index (χ1) is 9.86. The summed E-state index contributed by atoms with van der Waals surface area (Å²) in [7, 11) is -3.51. The largest absolute Gasteiger partial charge is 0.355 e. The summed E-state index contributed by atoms with van der Waals surface area (Å²) in [6, 6.07) is 6.64. The number of nitrogens with one attached hydrogen (secondary N) is 2. The van der Waals surface area contributed by atoms with Crippen molar-refractivity contribution < 1.29 is 13.2 Å². The summed E-state index contributed by atoms with van der Waals surface area (Å²) < 4.78 is 26.5. The van der Waals surface area contributed by atoms with E-state index in [1.165, 1.54) is 0 Å². The van der Waals surface area contributed by atoms with Gasteiger partial charge in [0.1, 0.15) is 0 Å². The summed E-state index contributed by atoms with van der Waals surface area (Å²) in [5.41, 5.74) is 1.01. The molecular formula is C15H24N2O3S. The maximum atomic E-state index is 12.0. The lowest BCUT2D eigenvalue weighted by Gasteiger charge is -2.11. The Morgan fingerprint density at radius 1 is 1.19 bits per heavy atom. The van der Waals surface area contributed by atoms with Crippen LogP contribution in [0.4, 0.5) is 0 Å². The minimum absolute atomic E-state index is 0.0358. The first-order valence-corrected chi connectivity index (χ1v) is 8.69. The molecule has 1 aromatic rings. The summed E-state index contributed by atoms with van der Waals surface area (Å²) in [6.45, 7) is 6.27. The van der Waals surface area contributed by atoms with E-state index in [9.17, 15) is 13.2 Å². The second kappa shape index (κ2) is 8.14. The third-order valence-electron chi connectivity index (χ3n) is 3.22. The Labute approximate surface area is 127 Å². The van der Waals surface area contributed by atoms with E-state index in [2.05, 4.69) is 10.0 Å². The summed E-state index contributed by atoms with van der Waals surface area (Å²) in [5, 5.41) is 2.73. The van der Waals surface area contributed by atoms with Crippen LogP contribution < -0.4 is 10.0 Å². The fraction of sp³-hybridized carbons (Fsp3) is 0.533. The number of hydrogen-bond donors (Lipinski definition) is 2. The topological polar surface area (TPSA) is 75.3 Å². The van der Waals surface area contributed by atoms with Gasteiger partial charge in [-0.05, 0) is 25.5 Å². The van der Waals surface area contributed by atoms with Crippen molar-refractivity contribution in [3.05, 3.63) is 29.8 Å². The molecule has 0 bridgehead atoms. The zero-order chi connectivity index (χ0) is 15.9. The number of carbonyl (C=O) groups excluding carboxylic acids is 1. The number of rotatable bonds is 8. The van der Waals surface area contributed by atoms with Gasteiger partial charge in [-0.2, -0.15) is 0 Å². The van der Waals surface area contributed by atoms with Crippen LogP contribution in [0.3, 0.4) is 0 Å². The Bertz CT molecular complexity index is 553. The summed E-state index contributed by atoms with van der Waals surface area (Å²) >= 11 is 0. The van der Waals surface area contributed by atoms with Gasteiger partial charge in [-0.25, -0.2) is 13.1 Å². The molecule has 0 aromatic heterocycles. The summed E-state index contributed by atoms with van der Waals surface area (Å²) in [4.78, 5) is 11.9. The molecule has 0 aliphatic heterocycles. The first kappa shape index (κ1) is 17.7. The van der Waals surface area contributed by atoms with Crippen molar-refractivity contribution >= 4 is 15.9 Å². The minimum atomic E-state index is -3.51. The molecule has 1 aromatic carbocycles. The zero-order valence-electron chi connectivity index (χ0n) is 12.8. The summed E-state index contributed by atoms with van der Waals surface area (Å²) in [5.74, 6) is -0.0740. The van der Waals surface area contributed by atoms with E-state index in [4.69, 9.17) is 0 Å². The van der Waals surface area contributed by atoms with Crippen LogP contribution in [0, 0.1) is 12.8 Å². The average molecular weight is 312 g/mol. The first-order valence-electron chi connectivity index (χ1n) is 7.21. The Morgan fingerprint density at radius 3 is 2.38 bits per heavy atom. The highest BCUT2D eigenvalue weighted by molar-refractivity contribution is 7.89. The maximum absolute atomic E-state index is 12.0. The van der Waals surface area contributed by atoms with Gasteiger partial charge in [0, 0.05) is 19.0 Å². The lowest BCUT2D eigenvalue weighted by molar-refractivity contribution is -0.124. The fourth-order valence-corrected chi connectivity index (χ4v) is 2.94. The van der Waals surface area contributed by atoms with E-state index in [1.54, 1.807) is 24.3 Å². The maximum Gasteiger partial charge on any atom is 0.240 e. The van der Waals surface area contributed by atoms with Crippen molar-refractivity contribution in [2.45, 2.75) is 38.5 Å². The SMILES string of the molecule is CCCC(C)C(=O)NCCNS(=O)(=O)c1ccc(C)cc1. The van der Waals surface area contributed by atoms with Gasteiger partial charge in [0.25, 0.3) is 0 Å². The molecule has 118 valence electrons. The number of carbonyl (C=O) groups is 1. The number of hydrogen-bond acceptors (Lipinski definition) is 3. The molecule has 2 N–H and O–H groups in total. The van der Waals surface area contributed by atoms with E-state index in [0.29, 0.717) is 0 Å². The van der Waals surface area contributed by atoms with Crippen LogP contribution in [0.5, 0.6) is 0 Å². The van der Waals surface area contributed by atoms with Crippen LogP contribution in [0.15, 0.2) is 29.2 Å². The average Bonchev–Trinajstić information content (AvgIpc) is 2.44. The van der Waals surface area contributed by atoms with Crippen molar-refractivity contribution in [1.29, 1.82) is 0 Å². The van der Waals surface area contributed by atoms with Gasteiger partial charge < -0.3 is 5.32 Å². The molecule has 0 aliphatic carbocycles. The predicted molar refractivity (Wildman–Crippen MR) is 83.4 cm³/mol. The molecule has 0 radical (unpaired) electrons. The van der Waals surface area contributed by atoms with Gasteiger partial charge in [0.2, 0.25) is 15.9 Å². The lowest BCUT2D eigenvalue weighted by Crippen LogP contribution is -2.36. The predicted octanol–water partition coefficient (Wildman–Crippen LogP) is 1.83.